The van der Waals surface area contributed by atoms with E-state index in [4.69, 9.17) is 4.42 Å². The van der Waals surface area contributed by atoms with Crippen LogP contribution in [-0.4, -0.2) is 4.98 Å². The van der Waals surface area contributed by atoms with Crippen molar-refractivity contribution in [3.63, 3.8) is 0 Å². The van der Waals surface area contributed by atoms with Crippen LogP contribution in [0.2, 0.25) is 0 Å². The fraction of sp³-hybridized carbons (Fsp3) is 0. The highest BCUT2D eigenvalue weighted by Gasteiger charge is 2.12. The lowest BCUT2D eigenvalue weighted by Crippen LogP contribution is -1.85. The number of aromatic nitrogens is 1. The molecule has 3 aromatic carbocycles. The van der Waals surface area contributed by atoms with Gasteiger partial charge in [0.2, 0.25) is 0 Å². The highest BCUT2D eigenvalue weighted by Crippen LogP contribution is 2.35. The zero-order chi connectivity index (χ0) is 16.6. The topological polar surface area (TPSA) is 26.0 Å². The van der Waals surface area contributed by atoms with E-state index < -0.39 is 0 Å². The molecule has 0 fully saturated rings. The van der Waals surface area contributed by atoms with E-state index in [-0.39, 0.29) is 0 Å². The Morgan fingerprint density at radius 1 is 0.600 bits per heavy atom. The van der Waals surface area contributed by atoms with Crippen molar-refractivity contribution in [2.24, 2.45) is 0 Å². The minimum atomic E-state index is 0.892. The molecule has 0 amide bonds. The Morgan fingerprint density at radius 2 is 1.40 bits per heavy atom. The Morgan fingerprint density at radius 3 is 2.24 bits per heavy atom. The van der Waals surface area contributed by atoms with Crippen LogP contribution in [0, 0.1) is 0 Å². The average Bonchev–Trinajstić information content (AvgIpc) is 3.08. The Bertz CT molecular complexity index is 1170. The van der Waals surface area contributed by atoms with Gasteiger partial charge in [-0.3, -0.25) is 4.98 Å². The van der Waals surface area contributed by atoms with Gasteiger partial charge in [0.1, 0.15) is 11.2 Å². The molecule has 2 nitrogen and oxygen atoms in total. The zero-order valence-corrected chi connectivity index (χ0v) is 13.5. The second-order valence-corrected chi connectivity index (χ2v) is 6.08. The summed E-state index contributed by atoms with van der Waals surface area (Å²) in [5.74, 6) is 0. The first-order valence-corrected chi connectivity index (χ1v) is 8.32. The van der Waals surface area contributed by atoms with Crippen molar-refractivity contribution in [2.45, 2.75) is 0 Å². The van der Waals surface area contributed by atoms with Crippen molar-refractivity contribution in [3.05, 3.63) is 91.1 Å². The summed E-state index contributed by atoms with van der Waals surface area (Å²) in [7, 11) is 0. The molecule has 2 aromatic heterocycles. The largest absolute Gasteiger partial charge is 0.455 e. The summed E-state index contributed by atoms with van der Waals surface area (Å²) in [6.07, 6.45) is 1.92. The van der Waals surface area contributed by atoms with Gasteiger partial charge in [-0.15, -0.1) is 0 Å². The minimum Gasteiger partial charge on any atom is -0.455 e. The van der Waals surface area contributed by atoms with E-state index in [0.29, 0.717) is 0 Å². The van der Waals surface area contributed by atoms with Crippen LogP contribution in [0.15, 0.2) is 95.5 Å². The lowest BCUT2D eigenvalue weighted by atomic mass is 10.0. The van der Waals surface area contributed by atoms with E-state index in [1.165, 1.54) is 5.56 Å². The number of hydrogen-bond donors (Lipinski definition) is 0. The monoisotopic (exact) mass is 321 g/mol. The van der Waals surface area contributed by atoms with Crippen molar-refractivity contribution in [3.8, 4) is 22.4 Å². The molecule has 5 aromatic rings. The molecule has 2 heterocycles. The van der Waals surface area contributed by atoms with Gasteiger partial charge in [-0.25, -0.2) is 0 Å². The van der Waals surface area contributed by atoms with Crippen LogP contribution in [0.25, 0.3) is 44.3 Å². The lowest BCUT2D eigenvalue weighted by Gasteiger charge is -2.04. The van der Waals surface area contributed by atoms with Crippen LogP contribution >= 0.6 is 0 Å². The maximum absolute atomic E-state index is 6.11. The fourth-order valence-corrected chi connectivity index (χ4v) is 3.30. The molecule has 25 heavy (non-hydrogen) atoms. The van der Waals surface area contributed by atoms with Crippen molar-refractivity contribution in [2.75, 3.05) is 0 Å². The highest BCUT2D eigenvalue weighted by atomic mass is 16.3. The molecular weight excluding hydrogens is 306 g/mol. The second kappa shape index (κ2) is 5.60. The maximum atomic E-state index is 6.11. The molecule has 5 rings (SSSR count). The van der Waals surface area contributed by atoms with Crippen LogP contribution in [0.4, 0.5) is 0 Å². The third-order valence-electron chi connectivity index (χ3n) is 4.55. The number of pyridine rings is 1. The van der Waals surface area contributed by atoms with E-state index in [1.54, 1.807) is 0 Å². The molecule has 0 aliphatic rings. The fourth-order valence-electron chi connectivity index (χ4n) is 3.30. The molecule has 118 valence electrons. The molecule has 0 atom stereocenters. The number of nitrogens with zero attached hydrogens (tertiary/aromatic N) is 1. The first kappa shape index (κ1) is 14.0. The number of furan rings is 1. The number of benzene rings is 3. The molecule has 0 aliphatic carbocycles. The average molecular weight is 321 g/mol. The van der Waals surface area contributed by atoms with E-state index in [9.17, 15) is 0 Å². The predicted octanol–water partition coefficient (Wildman–Crippen LogP) is 6.32. The quantitative estimate of drug-likeness (QED) is 0.380. The van der Waals surface area contributed by atoms with Crippen LogP contribution in [0.3, 0.4) is 0 Å². The number of fused-ring (bicyclic) bond motifs is 3. The molecule has 0 N–H and O–H groups in total. The van der Waals surface area contributed by atoms with Crippen LogP contribution < -0.4 is 0 Å². The minimum absolute atomic E-state index is 0.892. The van der Waals surface area contributed by atoms with Crippen molar-refractivity contribution in [1.29, 1.82) is 0 Å². The van der Waals surface area contributed by atoms with E-state index >= 15 is 0 Å². The number of rotatable bonds is 2. The molecule has 0 radical (unpaired) electrons. The Hall–Kier alpha value is -3.39. The first-order valence-electron chi connectivity index (χ1n) is 8.32. The van der Waals surface area contributed by atoms with E-state index in [1.807, 2.05) is 42.6 Å². The van der Waals surface area contributed by atoms with Gasteiger partial charge >= 0.3 is 0 Å². The molecule has 0 saturated heterocycles. The summed E-state index contributed by atoms with van der Waals surface area (Å²) in [6, 6.07) is 28.8. The molecule has 0 spiro atoms. The number of hydrogen-bond acceptors (Lipinski definition) is 2. The molecule has 0 saturated carbocycles. The SMILES string of the molecule is c1ccc(-c2ccc(-c3cccc4c3oc3ccccc34)nc2)cc1. The second-order valence-electron chi connectivity index (χ2n) is 6.08. The standard InChI is InChI=1S/C23H15NO/c1-2-7-16(8-3-1)17-13-14-21(24-15-17)20-11-6-10-19-18-9-4-5-12-22(18)25-23(19)20/h1-15H. The molecule has 2 heteroatoms. The van der Waals surface area contributed by atoms with Gasteiger partial charge in [0.15, 0.2) is 0 Å². The summed E-state index contributed by atoms with van der Waals surface area (Å²) in [4.78, 5) is 4.69. The smallest absolute Gasteiger partial charge is 0.144 e. The van der Waals surface area contributed by atoms with Gasteiger partial charge in [-0.05, 0) is 23.8 Å². The summed E-state index contributed by atoms with van der Waals surface area (Å²) < 4.78 is 6.11. The van der Waals surface area contributed by atoms with Crippen molar-refractivity contribution >= 4 is 21.9 Å². The zero-order valence-electron chi connectivity index (χ0n) is 13.5. The molecule has 0 aliphatic heterocycles. The van der Waals surface area contributed by atoms with Crippen LogP contribution in [0.1, 0.15) is 0 Å². The van der Waals surface area contributed by atoms with Crippen molar-refractivity contribution in [1.82, 2.24) is 4.98 Å². The summed E-state index contributed by atoms with van der Waals surface area (Å²) in [5, 5.41) is 2.27. The number of para-hydroxylation sites is 2. The summed E-state index contributed by atoms with van der Waals surface area (Å²) >= 11 is 0. The summed E-state index contributed by atoms with van der Waals surface area (Å²) in [5.41, 5.74) is 6.02. The Labute approximate surface area is 145 Å². The Kier molecular flexibility index (Phi) is 3.14. The molecular formula is C23H15NO. The van der Waals surface area contributed by atoms with E-state index in [2.05, 4.69) is 53.5 Å². The molecule has 0 bridgehead atoms. The van der Waals surface area contributed by atoms with E-state index in [0.717, 1.165) is 38.8 Å². The predicted molar refractivity (Wildman–Crippen MR) is 102 cm³/mol. The third-order valence-corrected chi connectivity index (χ3v) is 4.55. The highest BCUT2D eigenvalue weighted by molar-refractivity contribution is 6.09. The third kappa shape index (κ3) is 2.31. The first-order chi connectivity index (χ1) is 12.4. The normalized spacial score (nSPS) is 11.2. The maximum Gasteiger partial charge on any atom is 0.144 e. The van der Waals surface area contributed by atoms with Gasteiger partial charge < -0.3 is 4.42 Å². The van der Waals surface area contributed by atoms with Gasteiger partial charge in [0, 0.05) is 28.1 Å². The van der Waals surface area contributed by atoms with Gasteiger partial charge in [0.05, 0.1) is 5.69 Å². The lowest BCUT2D eigenvalue weighted by molar-refractivity contribution is 0.670. The Balaban J connectivity index is 1.66. The van der Waals surface area contributed by atoms with Gasteiger partial charge in [-0.2, -0.15) is 0 Å². The van der Waals surface area contributed by atoms with Crippen LogP contribution in [0.5, 0.6) is 0 Å². The van der Waals surface area contributed by atoms with Crippen LogP contribution in [-0.2, 0) is 0 Å². The van der Waals surface area contributed by atoms with Gasteiger partial charge in [-0.1, -0.05) is 66.7 Å². The van der Waals surface area contributed by atoms with Gasteiger partial charge in [0.25, 0.3) is 0 Å². The van der Waals surface area contributed by atoms with Crippen molar-refractivity contribution < 1.29 is 4.42 Å². The molecule has 0 unspecified atom stereocenters. The summed E-state index contributed by atoms with van der Waals surface area (Å²) in [6.45, 7) is 0.